The van der Waals surface area contributed by atoms with Gasteiger partial charge in [-0.3, -0.25) is 14.8 Å². The molecule has 1 aliphatic heterocycles. The van der Waals surface area contributed by atoms with Gasteiger partial charge in [0.05, 0.1) is 23.1 Å². The van der Waals surface area contributed by atoms with Crippen molar-refractivity contribution in [3.8, 4) is 17.0 Å². The molecule has 10 heteroatoms. The molecule has 0 unspecified atom stereocenters. The van der Waals surface area contributed by atoms with Gasteiger partial charge in [-0.25, -0.2) is 4.98 Å². The summed E-state index contributed by atoms with van der Waals surface area (Å²) in [5, 5.41) is 7.44. The number of carbonyl (C=O) groups excluding carboxylic acids is 1. The van der Waals surface area contributed by atoms with E-state index >= 15 is 0 Å². The molecule has 3 heterocycles. The fourth-order valence-electron chi connectivity index (χ4n) is 4.22. The van der Waals surface area contributed by atoms with E-state index in [1.54, 1.807) is 54.7 Å². The van der Waals surface area contributed by atoms with Crippen LogP contribution < -0.4 is 10.1 Å². The first-order valence-electron chi connectivity index (χ1n) is 11.3. The molecule has 0 bridgehead atoms. The molecule has 8 nitrogen and oxygen atoms in total. The van der Waals surface area contributed by atoms with E-state index in [0.717, 1.165) is 37.1 Å². The third-order valence-electron chi connectivity index (χ3n) is 6.12. The second kappa shape index (κ2) is 9.75. The Labute approximate surface area is 200 Å². The average molecular weight is 479 g/mol. The van der Waals surface area contributed by atoms with Crippen molar-refractivity contribution in [2.75, 3.05) is 25.5 Å². The quantitative estimate of drug-likeness (QED) is 0.436. The van der Waals surface area contributed by atoms with Crippen molar-refractivity contribution in [1.82, 2.24) is 24.6 Å². The minimum Gasteiger partial charge on any atom is -0.416 e. The van der Waals surface area contributed by atoms with Gasteiger partial charge in [-0.1, -0.05) is 24.3 Å². The van der Waals surface area contributed by atoms with Crippen LogP contribution in [0.1, 0.15) is 29.2 Å². The van der Waals surface area contributed by atoms with Crippen LogP contribution in [0.25, 0.3) is 22.0 Å². The van der Waals surface area contributed by atoms with Gasteiger partial charge in [-0.15, -0.1) is 0 Å². The lowest BCUT2D eigenvalue weighted by molar-refractivity contribution is -0.0516. The van der Waals surface area contributed by atoms with Crippen LogP contribution in [-0.4, -0.2) is 57.3 Å². The Morgan fingerprint density at radius 3 is 2.60 bits per heavy atom. The fraction of sp³-hybridized carbons (Fsp3) is 0.280. The van der Waals surface area contributed by atoms with Gasteiger partial charge in [0.25, 0.3) is 5.91 Å². The number of alkyl halides is 2. The topological polar surface area (TPSA) is 85.2 Å². The maximum atomic E-state index is 13.1. The number of ether oxygens (including phenoxy) is 1. The SMILES string of the molecule is CN1CCC(n2cc(-c3ccc4c(OC(F)F)nc(NC(=O)c5ccccc5)nc4c3)cn2)CC1. The Bertz CT molecular complexity index is 1340. The molecule has 1 amide bonds. The minimum atomic E-state index is -3.07. The van der Waals surface area contributed by atoms with Gasteiger partial charge in [-0.05, 0) is 62.8 Å². The first-order chi connectivity index (χ1) is 17.0. The molecule has 2 aromatic carbocycles. The summed E-state index contributed by atoms with van der Waals surface area (Å²) in [6, 6.07) is 14.0. The number of likely N-dealkylation sites (tertiary alicyclic amines) is 1. The van der Waals surface area contributed by atoms with Crippen LogP contribution in [0, 0.1) is 0 Å². The molecule has 1 aliphatic rings. The predicted molar refractivity (Wildman–Crippen MR) is 128 cm³/mol. The summed E-state index contributed by atoms with van der Waals surface area (Å²) in [4.78, 5) is 23.3. The van der Waals surface area contributed by atoms with E-state index in [1.807, 2.05) is 10.9 Å². The van der Waals surface area contributed by atoms with Gasteiger partial charge in [0.1, 0.15) is 0 Å². The van der Waals surface area contributed by atoms with Crippen molar-refractivity contribution in [3.63, 3.8) is 0 Å². The highest BCUT2D eigenvalue weighted by molar-refractivity contribution is 6.03. The summed E-state index contributed by atoms with van der Waals surface area (Å²) in [7, 11) is 2.12. The molecule has 1 saturated heterocycles. The van der Waals surface area contributed by atoms with Crippen LogP contribution in [0.3, 0.4) is 0 Å². The van der Waals surface area contributed by atoms with E-state index in [1.165, 1.54) is 0 Å². The van der Waals surface area contributed by atoms with E-state index in [0.29, 0.717) is 22.5 Å². The molecule has 0 aliphatic carbocycles. The van der Waals surface area contributed by atoms with Crippen molar-refractivity contribution >= 4 is 22.8 Å². The molecule has 4 aromatic rings. The van der Waals surface area contributed by atoms with Gasteiger partial charge < -0.3 is 9.64 Å². The summed E-state index contributed by atoms with van der Waals surface area (Å²) < 4.78 is 32.8. The summed E-state index contributed by atoms with van der Waals surface area (Å²) in [6.07, 6.45) is 5.84. The number of carbonyl (C=O) groups is 1. The number of hydrogen-bond donors (Lipinski definition) is 1. The van der Waals surface area contributed by atoms with E-state index in [4.69, 9.17) is 0 Å². The number of aromatic nitrogens is 4. The number of nitrogens with zero attached hydrogens (tertiary/aromatic N) is 5. The Kier molecular flexibility index (Phi) is 6.37. The number of halogens is 2. The number of nitrogens with one attached hydrogen (secondary N) is 1. The van der Waals surface area contributed by atoms with Gasteiger partial charge in [0.15, 0.2) is 0 Å². The normalized spacial score (nSPS) is 15.0. The Morgan fingerprint density at radius 2 is 1.86 bits per heavy atom. The lowest BCUT2D eigenvalue weighted by Crippen LogP contribution is -2.31. The van der Waals surface area contributed by atoms with E-state index in [-0.39, 0.29) is 11.8 Å². The third kappa shape index (κ3) is 5.12. The summed E-state index contributed by atoms with van der Waals surface area (Å²) in [5.74, 6) is -0.883. The molecule has 35 heavy (non-hydrogen) atoms. The van der Waals surface area contributed by atoms with Crippen molar-refractivity contribution in [1.29, 1.82) is 0 Å². The number of piperidine rings is 1. The van der Waals surface area contributed by atoms with Crippen molar-refractivity contribution in [2.24, 2.45) is 0 Å². The van der Waals surface area contributed by atoms with Crippen LogP contribution in [0.5, 0.6) is 5.88 Å². The van der Waals surface area contributed by atoms with Gasteiger partial charge >= 0.3 is 6.61 Å². The smallest absolute Gasteiger partial charge is 0.388 e. The molecule has 180 valence electrons. The first-order valence-corrected chi connectivity index (χ1v) is 11.3. The van der Waals surface area contributed by atoms with Crippen LogP contribution >= 0.6 is 0 Å². The zero-order valence-corrected chi connectivity index (χ0v) is 19.1. The highest BCUT2D eigenvalue weighted by Crippen LogP contribution is 2.31. The number of amides is 1. The van der Waals surface area contributed by atoms with Gasteiger partial charge in [0, 0.05) is 17.3 Å². The molecule has 2 aromatic heterocycles. The predicted octanol–water partition coefficient (Wildman–Crippen LogP) is 4.61. The Balaban J connectivity index is 1.46. The fourth-order valence-corrected chi connectivity index (χ4v) is 4.22. The number of benzene rings is 2. The van der Waals surface area contributed by atoms with Gasteiger partial charge in [-0.2, -0.15) is 18.9 Å². The molecular weight excluding hydrogens is 454 g/mol. The molecule has 1 fully saturated rings. The van der Waals surface area contributed by atoms with Crippen molar-refractivity contribution < 1.29 is 18.3 Å². The van der Waals surface area contributed by atoms with Crippen molar-refractivity contribution in [2.45, 2.75) is 25.5 Å². The van der Waals surface area contributed by atoms with Crippen LogP contribution in [0.15, 0.2) is 60.9 Å². The van der Waals surface area contributed by atoms with E-state index < -0.39 is 12.5 Å². The van der Waals surface area contributed by atoms with E-state index in [9.17, 15) is 13.6 Å². The molecule has 0 spiro atoms. The average Bonchev–Trinajstić information content (AvgIpc) is 3.35. The zero-order valence-electron chi connectivity index (χ0n) is 19.1. The minimum absolute atomic E-state index is 0.124. The second-order valence-corrected chi connectivity index (χ2v) is 8.53. The number of anilines is 1. The van der Waals surface area contributed by atoms with Crippen LogP contribution in [0.2, 0.25) is 0 Å². The van der Waals surface area contributed by atoms with Crippen molar-refractivity contribution in [3.05, 3.63) is 66.5 Å². The first kappa shape index (κ1) is 22.9. The highest BCUT2D eigenvalue weighted by Gasteiger charge is 2.20. The number of rotatable bonds is 6. The molecule has 0 saturated carbocycles. The number of fused-ring (bicyclic) bond motifs is 1. The monoisotopic (exact) mass is 478 g/mol. The largest absolute Gasteiger partial charge is 0.416 e. The maximum Gasteiger partial charge on any atom is 0.388 e. The third-order valence-corrected chi connectivity index (χ3v) is 6.12. The Morgan fingerprint density at radius 1 is 1.09 bits per heavy atom. The summed E-state index contributed by atoms with van der Waals surface area (Å²) in [5.41, 5.74) is 2.46. The highest BCUT2D eigenvalue weighted by atomic mass is 19.3. The molecule has 1 N–H and O–H groups in total. The molecule has 0 radical (unpaired) electrons. The number of hydrogen-bond acceptors (Lipinski definition) is 6. The van der Waals surface area contributed by atoms with Crippen LogP contribution in [0.4, 0.5) is 14.7 Å². The summed E-state index contributed by atoms with van der Waals surface area (Å²) >= 11 is 0. The lowest BCUT2D eigenvalue weighted by atomic mass is 10.1. The second-order valence-electron chi connectivity index (χ2n) is 8.53. The van der Waals surface area contributed by atoms with E-state index in [2.05, 4.69) is 37.1 Å². The lowest BCUT2D eigenvalue weighted by Gasteiger charge is -2.28. The summed E-state index contributed by atoms with van der Waals surface area (Å²) in [6.45, 7) is -1.02. The van der Waals surface area contributed by atoms with Gasteiger partial charge in [0.2, 0.25) is 11.8 Å². The molecular formula is C25H24F2N6O2. The Hall–Kier alpha value is -3.92. The maximum absolute atomic E-state index is 13.1. The molecule has 0 atom stereocenters. The standard InChI is InChI=1S/C25H24F2N6O2/c1-32-11-9-19(10-12-32)33-15-18(14-28-33)17-7-8-20-21(13-17)29-25(31-23(20)35-24(26)27)30-22(34)16-5-3-2-4-6-16/h2-8,13-15,19,24H,9-12H2,1H3,(H,29,30,31,34). The molecule has 5 rings (SSSR count). The van der Waals surface area contributed by atoms with Crippen LogP contribution in [-0.2, 0) is 0 Å². The zero-order chi connectivity index (χ0) is 24.4.